The number of aromatic nitrogens is 2. The molecule has 6 nitrogen and oxygen atoms in total. The van der Waals surface area contributed by atoms with Gasteiger partial charge in [0.1, 0.15) is 5.75 Å². The summed E-state index contributed by atoms with van der Waals surface area (Å²) in [5, 5.41) is 6.76. The number of carbonyl (C=O) groups excluding carboxylic acids is 1. The molecule has 106 valence electrons. The second-order valence-corrected chi connectivity index (χ2v) is 5.74. The van der Waals surface area contributed by atoms with Gasteiger partial charge in [-0.1, -0.05) is 0 Å². The van der Waals surface area contributed by atoms with Crippen LogP contribution in [0.15, 0.2) is 27.3 Å². The quantitative estimate of drug-likeness (QED) is 0.825. The van der Waals surface area contributed by atoms with E-state index in [1.54, 1.807) is 32.5 Å². The third-order valence-electron chi connectivity index (χ3n) is 2.56. The van der Waals surface area contributed by atoms with Gasteiger partial charge in [-0.2, -0.15) is 5.10 Å². The van der Waals surface area contributed by atoms with E-state index in [1.807, 2.05) is 0 Å². The number of hydrogen-bond acceptors (Lipinski definition) is 4. The summed E-state index contributed by atoms with van der Waals surface area (Å²) in [4.78, 5) is 12.1. The van der Waals surface area contributed by atoms with Crippen LogP contribution in [0.3, 0.4) is 0 Å². The van der Waals surface area contributed by atoms with E-state index >= 15 is 0 Å². The van der Waals surface area contributed by atoms with Gasteiger partial charge in [0.15, 0.2) is 5.69 Å². The smallest absolute Gasteiger partial charge is 0.278 e. The zero-order valence-electron chi connectivity index (χ0n) is 10.8. The van der Waals surface area contributed by atoms with Crippen molar-refractivity contribution in [1.82, 2.24) is 9.78 Å². The monoisotopic (exact) mass is 402 g/mol. The maximum absolute atomic E-state index is 12.1. The highest BCUT2D eigenvalue weighted by atomic mass is 79.9. The number of benzene rings is 1. The van der Waals surface area contributed by atoms with E-state index in [2.05, 4.69) is 42.3 Å². The minimum atomic E-state index is -0.381. The molecule has 2 aromatic rings. The number of carbonyl (C=O) groups is 1. The molecule has 0 saturated carbocycles. The molecule has 2 rings (SSSR count). The van der Waals surface area contributed by atoms with Gasteiger partial charge in [0.25, 0.3) is 5.91 Å². The Kier molecular flexibility index (Phi) is 4.34. The molecule has 0 radical (unpaired) electrons. The van der Waals surface area contributed by atoms with E-state index in [1.165, 1.54) is 4.68 Å². The number of amides is 1. The SMILES string of the molecule is COc1cc(NC(=O)c2nn(C)cc2N)c(Br)cc1Br. The maximum atomic E-state index is 12.1. The van der Waals surface area contributed by atoms with Gasteiger partial charge < -0.3 is 15.8 Å². The van der Waals surface area contributed by atoms with Crippen molar-refractivity contribution in [2.24, 2.45) is 7.05 Å². The van der Waals surface area contributed by atoms with Gasteiger partial charge in [0, 0.05) is 23.8 Å². The molecule has 0 fully saturated rings. The summed E-state index contributed by atoms with van der Waals surface area (Å²) in [5.41, 5.74) is 6.80. The Morgan fingerprint density at radius 3 is 2.65 bits per heavy atom. The van der Waals surface area contributed by atoms with E-state index in [0.717, 1.165) is 4.47 Å². The van der Waals surface area contributed by atoms with E-state index in [-0.39, 0.29) is 11.6 Å². The van der Waals surface area contributed by atoms with Gasteiger partial charge in [-0.05, 0) is 37.9 Å². The molecule has 3 N–H and O–H groups in total. The standard InChI is InChI=1S/C12H12Br2N4O2/c1-18-5-8(15)11(17-18)12(19)16-9-4-10(20-2)7(14)3-6(9)13/h3-5H,15H2,1-2H3,(H,16,19). The summed E-state index contributed by atoms with van der Waals surface area (Å²) < 4.78 is 8.18. The Labute approximate surface area is 132 Å². The summed E-state index contributed by atoms with van der Waals surface area (Å²) in [6.07, 6.45) is 1.58. The molecule has 1 aromatic heterocycles. The van der Waals surface area contributed by atoms with Crippen molar-refractivity contribution in [1.29, 1.82) is 0 Å². The first kappa shape index (κ1) is 14.9. The number of nitrogens with two attached hydrogens (primary N) is 1. The van der Waals surface area contributed by atoms with Crippen LogP contribution in [0.2, 0.25) is 0 Å². The lowest BCUT2D eigenvalue weighted by molar-refractivity contribution is 0.102. The Balaban J connectivity index is 2.30. The summed E-state index contributed by atoms with van der Waals surface area (Å²) in [5.74, 6) is 0.227. The average Bonchev–Trinajstić information content (AvgIpc) is 2.71. The predicted molar refractivity (Wildman–Crippen MR) is 84.0 cm³/mol. The molecule has 8 heteroatoms. The Bertz CT molecular complexity index is 670. The van der Waals surface area contributed by atoms with Crippen molar-refractivity contribution < 1.29 is 9.53 Å². The largest absolute Gasteiger partial charge is 0.495 e. The Hall–Kier alpha value is -1.54. The minimum Gasteiger partial charge on any atom is -0.495 e. The molecule has 0 saturated heterocycles. The Morgan fingerprint density at radius 1 is 1.40 bits per heavy atom. The highest BCUT2D eigenvalue weighted by Gasteiger charge is 2.16. The van der Waals surface area contributed by atoms with Crippen molar-refractivity contribution in [3.8, 4) is 5.75 Å². The van der Waals surface area contributed by atoms with E-state index in [9.17, 15) is 4.79 Å². The number of rotatable bonds is 3. The van der Waals surface area contributed by atoms with Crippen LogP contribution in [-0.2, 0) is 7.05 Å². The van der Waals surface area contributed by atoms with Crippen molar-refractivity contribution in [3.63, 3.8) is 0 Å². The fraction of sp³-hybridized carbons (Fsp3) is 0.167. The second kappa shape index (κ2) is 5.84. The Morgan fingerprint density at radius 2 is 2.10 bits per heavy atom. The summed E-state index contributed by atoms with van der Waals surface area (Å²) in [7, 11) is 3.25. The first-order chi connectivity index (χ1) is 9.42. The molecule has 20 heavy (non-hydrogen) atoms. The highest BCUT2D eigenvalue weighted by molar-refractivity contribution is 9.11. The lowest BCUT2D eigenvalue weighted by Crippen LogP contribution is -2.15. The molecule has 0 aliphatic heterocycles. The number of nitrogens with zero attached hydrogens (tertiary/aromatic N) is 2. The third-order valence-corrected chi connectivity index (χ3v) is 3.84. The zero-order chi connectivity index (χ0) is 14.9. The second-order valence-electron chi connectivity index (χ2n) is 4.03. The first-order valence-electron chi connectivity index (χ1n) is 5.56. The van der Waals surface area contributed by atoms with Gasteiger partial charge in [0.2, 0.25) is 0 Å². The number of hydrogen-bond donors (Lipinski definition) is 2. The van der Waals surface area contributed by atoms with Crippen LogP contribution < -0.4 is 15.8 Å². The topological polar surface area (TPSA) is 82.2 Å². The normalized spacial score (nSPS) is 10.4. The van der Waals surface area contributed by atoms with Crippen LogP contribution in [0.5, 0.6) is 5.75 Å². The van der Waals surface area contributed by atoms with E-state index < -0.39 is 0 Å². The maximum Gasteiger partial charge on any atom is 0.278 e. The number of anilines is 2. The predicted octanol–water partition coefficient (Wildman–Crippen LogP) is 2.79. The van der Waals surface area contributed by atoms with Crippen molar-refractivity contribution >= 4 is 49.1 Å². The van der Waals surface area contributed by atoms with Crippen LogP contribution in [0, 0.1) is 0 Å². The average molecular weight is 404 g/mol. The summed E-state index contributed by atoms with van der Waals surface area (Å²) in [6.45, 7) is 0. The zero-order valence-corrected chi connectivity index (χ0v) is 13.9. The molecule has 0 spiro atoms. The molecule has 1 aromatic carbocycles. The molecule has 0 bridgehead atoms. The fourth-order valence-corrected chi connectivity index (χ4v) is 2.90. The van der Waals surface area contributed by atoms with Crippen molar-refractivity contribution in [2.45, 2.75) is 0 Å². The summed E-state index contributed by atoms with van der Waals surface area (Å²) in [6, 6.07) is 3.49. The van der Waals surface area contributed by atoms with E-state index in [4.69, 9.17) is 10.5 Å². The fourth-order valence-electron chi connectivity index (χ4n) is 1.65. The summed E-state index contributed by atoms with van der Waals surface area (Å²) >= 11 is 6.74. The number of aryl methyl sites for hydroxylation is 1. The van der Waals surface area contributed by atoms with Gasteiger partial charge >= 0.3 is 0 Å². The van der Waals surface area contributed by atoms with Gasteiger partial charge in [-0.15, -0.1) is 0 Å². The van der Waals surface area contributed by atoms with Gasteiger partial charge in [-0.3, -0.25) is 9.48 Å². The number of methoxy groups -OCH3 is 1. The molecular formula is C12H12Br2N4O2. The van der Waals surface area contributed by atoms with E-state index in [0.29, 0.717) is 21.6 Å². The molecular weight excluding hydrogens is 392 g/mol. The van der Waals surface area contributed by atoms with Crippen LogP contribution >= 0.6 is 31.9 Å². The number of nitrogens with one attached hydrogen (secondary N) is 1. The molecule has 0 atom stereocenters. The lowest BCUT2D eigenvalue weighted by atomic mass is 10.2. The molecule has 0 aliphatic carbocycles. The lowest BCUT2D eigenvalue weighted by Gasteiger charge is -2.10. The van der Waals surface area contributed by atoms with Gasteiger partial charge in [0.05, 0.1) is 23.0 Å². The molecule has 1 amide bonds. The van der Waals surface area contributed by atoms with Crippen LogP contribution in [-0.4, -0.2) is 22.8 Å². The highest BCUT2D eigenvalue weighted by Crippen LogP contribution is 2.34. The first-order valence-corrected chi connectivity index (χ1v) is 7.14. The van der Waals surface area contributed by atoms with Gasteiger partial charge in [-0.25, -0.2) is 0 Å². The van der Waals surface area contributed by atoms with Crippen LogP contribution in [0.25, 0.3) is 0 Å². The van der Waals surface area contributed by atoms with Crippen LogP contribution in [0.1, 0.15) is 10.5 Å². The molecule has 1 heterocycles. The number of halogens is 2. The van der Waals surface area contributed by atoms with Crippen molar-refractivity contribution in [2.75, 3.05) is 18.2 Å². The van der Waals surface area contributed by atoms with Crippen LogP contribution in [0.4, 0.5) is 11.4 Å². The molecule has 0 aliphatic rings. The van der Waals surface area contributed by atoms with Crippen molar-refractivity contribution in [3.05, 3.63) is 33.0 Å². The molecule has 0 unspecified atom stereocenters. The minimum absolute atomic E-state index is 0.182. The number of nitrogen functional groups attached to an aromatic ring is 1. The number of ether oxygens (including phenoxy) is 1. The third kappa shape index (κ3) is 2.96.